The standard InChI is InChI=1S/C19H22FN3O4S/c1-4-27-15(24)9-12-10-28-19(21-12)23-18(26)16(11(2)3)22-17(25)13-7-5-6-8-14(13)20/h5-8,10-11,16H,4,9H2,1-3H3,(H,22,25)(H,21,23,26). The summed E-state index contributed by atoms with van der Waals surface area (Å²) in [6.45, 7) is 5.52. The molecule has 0 aliphatic carbocycles. The number of rotatable bonds is 8. The summed E-state index contributed by atoms with van der Waals surface area (Å²) in [5, 5.41) is 7.14. The Bertz CT molecular complexity index is 853. The molecule has 0 spiro atoms. The summed E-state index contributed by atoms with van der Waals surface area (Å²) >= 11 is 1.16. The summed E-state index contributed by atoms with van der Waals surface area (Å²) in [6.07, 6.45) is 0.0117. The first kappa shape index (κ1) is 21.5. The number of halogens is 1. The van der Waals surface area contributed by atoms with Crippen molar-refractivity contribution >= 4 is 34.3 Å². The second kappa shape index (κ2) is 9.93. The summed E-state index contributed by atoms with van der Waals surface area (Å²) in [5.74, 6) is -2.45. The van der Waals surface area contributed by atoms with Crippen LogP contribution in [-0.4, -0.2) is 35.4 Å². The molecule has 2 aromatic rings. The number of ether oxygens (including phenoxy) is 1. The maximum Gasteiger partial charge on any atom is 0.311 e. The average Bonchev–Trinajstić information content (AvgIpc) is 3.06. The van der Waals surface area contributed by atoms with Crippen LogP contribution < -0.4 is 10.6 Å². The molecule has 0 saturated heterocycles. The van der Waals surface area contributed by atoms with E-state index in [2.05, 4.69) is 15.6 Å². The number of amides is 2. The molecule has 1 heterocycles. The molecule has 1 aromatic heterocycles. The summed E-state index contributed by atoms with van der Waals surface area (Å²) < 4.78 is 18.7. The van der Waals surface area contributed by atoms with E-state index in [9.17, 15) is 18.8 Å². The maximum atomic E-state index is 13.8. The van der Waals surface area contributed by atoms with Crippen molar-refractivity contribution in [2.24, 2.45) is 5.92 Å². The molecule has 9 heteroatoms. The van der Waals surface area contributed by atoms with Gasteiger partial charge in [0.05, 0.1) is 24.3 Å². The lowest BCUT2D eigenvalue weighted by Gasteiger charge is -2.21. The van der Waals surface area contributed by atoms with E-state index in [1.165, 1.54) is 18.2 Å². The third-order valence-electron chi connectivity index (χ3n) is 3.77. The van der Waals surface area contributed by atoms with Crippen molar-refractivity contribution < 1.29 is 23.5 Å². The van der Waals surface area contributed by atoms with Gasteiger partial charge in [0, 0.05) is 5.38 Å². The number of carbonyl (C=O) groups excluding carboxylic acids is 3. The van der Waals surface area contributed by atoms with Crippen LogP contribution >= 0.6 is 11.3 Å². The topological polar surface area (TPSA) is 97.4 Å². The molecule has 0 radical (unpaired) electrons. The molecule has 1 atom stereocenters. The quantitative estimate of drug-likeness (QED) is 0.656. The van der Waals surface area contributed by atoms with Gasteiger partial charge in [-0.1, -0.05) is 26.0 Å². The summed E-state index contributed by atoms with van der Waals surface area (Å²) in [4.78, 5) is 40.6. The molecule has 0 bridgehead atoms. The molecule has 28 heavy (non-hydrogen) atoms. The van der Waals surface area contributed by atoms with Gasteiger partial charge in [0.15, 0.2) is 5.13 Å². The minimum absolute atomic E-state index is 0.0117. The zero-order chi connectivity index (χ0) is 20.7. The molecule has 2 rings (SSSR count). The molecule has 0 aliphatic rings. The van der Waals surface area contributed by atoms with E-state index >= 15 is 0 Å². The van der Waals surface area contributed by atoms with Crippen LogP contribution in [0.4, 0.5) is 9.52 Å². The lowest BCUT2D eigenvalue weighted by molar-refractivity contribution is -0.142. The van der Waals surface area contributed by atoms with E-state index in [1.54, 1.807) is 32.2 Å². The first-order chi connectivity index (χ1) is 13.3. The lowest BCUT2D eigenvalue weighted by atomic mass is 10.0. The van der Waals surface area contributed by atoms with Gasteiger partial charge in [0.1, 0.15) is 11.9 Å². The van der Waals surface area contributed by atoms with Gasteiger partial charge in [-0.3, -0.25) is 14.4 Å². The molecular weight excluding hydrogens is 385 g/mol. The Morgan fingerprint density at radius 1 is 1.25 bits per heavy atom. The minimum Gasteiger partial charge on any atom is -0.466 e. The zero-order valence-electron chi connectivity index (χ0n) is 15.8. The number of carbonyl (C=O) groups is 3. The third-order valence-corrected chi connectivity index (χ3v) is 4.57. The van der Waals surface area contributed by atoms with E-state index in [0.717, 1.165) is 11.3 Å². The highest BCUT2D eigenvalue weighted by molar-refractivity contribution is 7.13. The zero-order valence-corrected chi connectivity index (χ0v) is 16.6. The van der Waals surface area contributed by atoms with Crippen molar-refractivity contribution in [3.8, 4) is 0 Å². The van der Waals surface area contributed by atoms with Crippen molar-refractivity contribution in [3.63, 3.8) is 0 Å². The second-order valence-electron chi connectivity index (χ2n) is 6.29. The number of hydrogen-bond acceptors (Lipinski definition) is 6. The molecule has 0 fully saturated rings. The van der Waals surface area contributed by atoms with E-state index in [-0.39, 0.29) is 24.5 Å². The predicted molar refractivity (Wildman–Crippen MR) is 104 cm³/mol. The molecule has 7 nitrogen and oxygen atoms in total. The number of nitrogens with one attached hydrogen (secondary N) is 2. The fraction of sp³-hybridized carbons (Fsp3) is 0.368. The molecule has 0 aliphatic heterocycles. The molecule has 1 aromatic carbocycles. The SMILES string of the molecule is CCOC(=O)Cc1csc(NC(=O)C(NC(=O)c2ccccc2F)C(C)C)n1. The Kier molecular flexibility index (Phi) is 7.62. The van der Waals surface area contributed by atoms with Crippen LogP contribution in [0.5, 0.6) is 0 Å². The first-order valence-corrected chi connectivity index (χ1v) is 9.66. The molecule has 0 saturated carbocycles. The van der Waals surface area contributed by atoms with Crippen molar-refractivity contribution in [2.75, 3.05) is 11.9 Å². The van der Waals surface area contributed by atoms with E-state index in [0.29, 0.717) is 10.8 Å². The first-order valence-electron chi connectivity index (χ1n) is 8.78. The van der Waals surface area contributed by atoms with E-state index in [1.807, 2.05) is 0 Å². The highest BCUT2D eigenvalue weighted by Crippen LogP contribution is 2.17. The normalized spacial score (nSPS) is 11.8. The minimum atomic E-state index is -0.885. The molecule has 150 valence electrons. The number of esters is 1. The summed E-state index contributed by atoms with van der Waals surface area (Å²) in [6, 6.07) is 4.67. The van der Waals surface area contributed by atoms with Crippen LogP contribution in [0.1, 0.15) is 36.8 Å². The number of nitrogens with zero attached hydrogens (tertiary/aromatic N) is 1. The maximum absolute atomic E-state index is 13.8. The Hall–Kier alpha value is -2.81. The van der Waals surface area contributed by atoms with Crippen LogP contribution in [0.25, 0.3) is 0 Å². The fourth-order valence-corrected chi connectivity index (χ4v) is 3.10. The highest BCUT2D eigenvalue weighted by Gasteiger charge is 2.26. The lowest BCUT2D eigenvalue weighted by Crippen LogP contribution is -2.47. The number of thiazole rings is 1. The molecule has 1 unspecified atom stereocenters. The van der Waals surface area contributed by atoms with Crippen molar-refractivity contribution in [2.45, 2.75) is 33.2 Å². The highest BCUT2D eigenvalue weighted by atomic mass is 32.1. The third kappa shape index (κ3) is 5.85. The number of hydrogen-bond donors (Lipinski definition) is 2. The Morgan fingerprint density at radius 3 is 2.61 bits per heavy atom. The fourth-order valence-electron chi connectivity index (χ4n) is 2.39. The Balaban J connectivity index is 2.03. The number of aromatic nitrogens is 1. The van der Waals surface area contributed by atoms with Crippen LogP contribution in [0.15, 0.2) is 29.6 Å². The van der Waals surface area contributed by atoms with Gasteiger partial charge in [-0.25, -0.2) is 9.37 Å². The van der Waals surface area contributed by atoms with E-state index < -0.39 is 29.6 Å². The van der Waals surface area contributed by atoms with Gasteiger partial charge < -0.3 is 15.4 Å². The van der Waals surface area contributed by atoms with Crippen molar-refractivity contribution in [1.82, 2.24) is 10.3 Å². The molecular formula is C19H22FN3O4S. The van der Waals surface area contributed by atoms with Gasteiger partial charge in [-0.2, -0.15) is 0 Å². The second-order valence-corrected chi connectivity index (χ2v) is 7.15. The largest absolute Gasteiger partial charge is 0.466 e. The predicted octanol–water partition coefficient (Wildman–Crippen LogP) is 2.78. The molecule has 2 N–H and O–H groups in total. The van der Waals surface area contributed by atoms with Gasteiger partial charge in [0.25, 0.3) is 5.91 Å². The summed E-state index contributed by atoms with van der Waals surface area (Å²) in [5.41, 5.74) is 0.349. The Labute approximate surface area is 166 Å². The smallest absolute Gasteiger partial charge is 0.311 e. The average molecular weight is 407 g/mol. The van der Waals surface area contributed by atoms with Crippen LogP contribution in [0.2, 0.25) is 0 Å². The van der Waals surface area contributed by atoms with Gasteiger partial charge in [-0.15, -0.1) is 11.3 Å². The van der Waals surface area contributed by atoms with Crippen molar-refractivity contribution in [1.29, 1.82) is 0 Å². The van der Waals surface area contributed by atoms with Gasteiger partial charge in [0.2, 0.25) is 5.91 Å². The van der Waals surface area contributed by atoms with Gasteiger partial charge >= 0.3 is 5.97 Å². The van der Waals surface area contributed by atoms with Gasteiger partial charge in [-0.05, 0) is 25.0 Å². The number of anilines is 1. The van der Waals surface area contributed by atoms with Crippen LogP contribution in [-0.2, 0) is 20.7 Å². The Morgan fingerprint density at radius 2 is 1.96 bits per heavy atom. The monoisotopic (exact) mass is 407 g/mol. The molecule has 2 amide bonds. The van der Waals surface area contributed by atoms with Crippen molar-refractivity contribution in [3.05, 3.63) is 46.7 Å². The number of benzene rings is 1. The van der Waals surface area contributed by atoms with Crippen LogP contribution in [0, 0.1) is 11.7 Å². The summed E-state index contributed by atoms with van der Waals surface area (Å²) in [7, 11) is 0. The van der Waals surface area contributed by atoms with E-state index in [4.69, 9.17) is 4.74 Å². The van der Waals surface area contributed by atoms with Crippen LogP contribution in [0.3, 0.4) is 0 Å².